The number of carbonyl (C=O) groups excluding carboxylic acids is 3. The van der Waals surface area contributed by atoms with E-state index in [0.29, 0.717) is 0 Å². The van der Waals surface area contributed by atoms with Crippen molar-refractivity contribution in [3.8, 4) is 0 Å². The van der Waals surface area contributed by atoms with Gasteiger partial charge in [-0.1, -0.05) is 0 Å². The first kappa shape index (κ1) is 16.7. The van der Waals surface area contributed by atoms with Crippen molar-refractivity contribution in [1.82, 2.24) is 10.2 Å². The highest BCUT2D eigenvalue weighted by Gasteiger charge is 2.55. The molecular formula is C14H20N2O5S. The van der Waals surface area contributed by atoms with Crippen molar-refractivity contribution in [3.63, 3.8) is 0 Å². The summed E-state index contributed by atoms with van der Waals surface area (Å²) >= 11 is 1.39. The number of esters is 1. The fourth-order valence-corrected chi connectivity index (χ4v) is 3.53. The third kappa shape index (κ3) is 3.06. The Balaban J connectivity index is 2.07. The van der Waals surface area contributed by atoms with E-state index >= 15 is 0 Å². The smallest absolute Gasteiger partial charge is 0.408 e. The lowest BCUT2D eigenvalue weighted by Gasteiger charge is -2.51. The number of nitrogens with one attached hydrogen (secondary N) is 1. The maximum absolute atomic E-state index is 12.3. The molecule has 1 saturated heterocycles. The van der Waals surface area contributed by atoms with Crippen LogP contribution < -0.4 is 5.32 Å². The zero-order valence-electron chi connectivity index (χ0n) is 13.2. The second-order valence-electron chi connectivity index (χ2n) is 6.18. The second-order valence-corrected chi connectivity index (χ2v) is 7.17. The van der Waals surface area contributed by atoms with Gasteiger partial charge in [0.05, 0.1) is 7.11 Å². The zero-order valence-corrected chi connectivity index (χ0v) is 14.0. The number of hydrogen-bond donors (Lipinski definition) is 1. The number of carbonyl (C=O) groups is 3. The van der Waals surface area contributed by atoms with Gasteiger partial charge in [0.25, 0.3) is 0 Å². The number of thioether (sulfide) groups is 1. The number of ether oxygens (including phenoxy) is 2. The van der Waals surface area contributed by atoms with Crippen LogP contribution in [0, 0.1) is 0 Å². The van der Waals surface area contributed by atoms with Gasteiger partial charge < -0.3 is 19.7 Å². The van der Waals surface area contributed by atoms with Gasteiger partial charge in [0.1, 0.15) is 17.0 Å². The van der Waals surface area contributed by atoms with Gasteiger partial charge in [0, 0.05) is 0 Å². The molecule has 0 saturated carbocycles. The number of β-lactam (4-membered cyclic amide) rings is 1. The van der Waals surface area contributed by atoms with Crippen molar-refractivity contribution in [2.45, 2.75) is 50.8 Å². The average molecular weight is 328 g/mol. The minimum atomic E-state index is -0.722. The molecule has 0 aliphatic carbocycles. The first-order chi connectivity index (χ1) is 10.2. The van der Waals surface area contributed by atoms with Gasteiger partial charge >= 0.3 is 12.1 Å². The Morgan fingerprint density at radius 1 is 1.36 bits per heavy atom. The number of amides is 2. The Kier molecular flexibility index (Phi) is 4.42. The molecule has 2 aliphatic heterocycles. The Hall–Kier alpha value is -1.70. The molecule has 0 radical (unpaired) electrons. The molecule has 2 amide bonds. The zero-order chi connectivity index (χ0) is 16.7. The molecule has 3 atom stereocenters. The lowest BCUT2D eigenvalue weighted by atomic mass is 9.99. The molecule has 1 N–H and O–H groups in total. The van der Waals surface area contributed by atoms with Gasteiger partial charge in [-0.25, -0.2) is 9.59 Å². The van der Waals surface area contributed by atoms with Crippen molar-refractivity contribution in [2.75, 3.05) is 7.11 Å². The molecule has 0 aromatic heterocycles. The average Bonchev–Trinajstić information content (AvgIpc) is 2.41. The molecule has 22 heavy (non-hydrogen) atoms. The van der Waals surface area contributed by atoms with E-state index in [-0.39, 0.29) is 11.3 Å². The van der Waals surface area contributed by atoms with Gasteiger partial charge in [-0.3, -0.25) is 4.79 Å². The number of nitrogens with zero attached hydrogens (tertiary/aromatic N) is 1. The normalized spacial score (nSPS) is 27.3. The summed E-state index contributed by atoms with van der Waals surface area (Å²) in [6.45, 7) is 7.01. The van der Waals surface area contributed by atoms with E-state index in [4.69, 9.17) is 9.47 Å². The Morgan fingerprint density at radius 3 is 2.55 bits per heavy atom. The predicted molar refractivity (Wildman–Crippen MR) is 80.9 cm³/mol. The highest BCUT2D eigenvalue weighted by atomic mass is 32.2. The van der Waals surface area contributed by atoms with Crippen LogP contribution in [-0.4, -0.2) is 53.0 Å². The van der Waals surface area contributed by atoms with Crippen molar-refractivity contribution < 1.29 is 23.9 Å². The van der Waals surface area contributed by atoms with E-state index in [9.17, 15) is 14.4 Å². The molecule has 2 heterocycles. The summed E-state index contributed by atoms with van der Waals surface area (Å²) in [5, 5.41) is 4.05. The van der Waals surface area contributed by atoms with E-state index in [1.54, 1.807) is 27.7 Å². The molecule has 2 rings (SSSR count). The van der Waals surface area contributed by atoms with Gasteiger partial charge in [0.15, 0.2) is 6.04 Å². The molecule has 122 valence electrons. The van der Waals surface area contributed by atoms with Crippen LogP contribution in [0.4, 0.5) is 4.79 Å². The molecular weight excluding hydrogens is 308 g/mol. The molecule has 0 aromatic carbocycles. The first-order valence-electron chi connectivity index (χ1n) is 6.87. The monoisotopic (exact) mass is 328 g/mol. The number of methoxy groups -OCH3 is 1. The molecule has 1 fully saturated rings. The summed E-state index contributed by atoms with van der Waals surface area (Å²) in [5.74, 6) is -0.797. The van der Waals surface area contributed by atoms with Gasteiger partial charge in [-0.05, 0) is 38.7 Å². The standard InChI is InChI=1S/C14H20N2O5S/c1-7-6-22-11-8(15-13(19)21-14(2,3)4)10(17)16(11)9(7)12(18)20-5/h6,8-9,11H,1-5H3,(H,15,19)/t8-,9?,11+/m1/s1. The van der Waals surface area contributed by atoms with E-state index < -0.39 is 29.7 Å². The van der Waals surface area contributed by atoms with Crippen molar-refractivity contribution in [3.05, 3.63) is 11.0 Å². The summed E-state index contributed by atoms with van der Waals surface area (Å²) in [6, 6.07) is -1.42. The van der Waals surface area contributed by atoms with E-state index in [1.807, 2.05) is 5.41 Å². The number of hydrogen-bond acceptors (Lipinski definition) is 6. The number of rotatable bonds is 2. The largest absolute Gasteiger partial charge is 0.467 e. The van der Waals surface area contributed by atoms with Crippen LogP contribution >= 0.6 is 11.8 Å². The minimum absolute atomic E-state index is 0.314. The lowest BCUT2D eigenvalue weighted by molar-refractivity contribution is -0.160. The predicted octanol–water partition coefficient (Wildman–Crippen LogP) is 1.24. The third-order valence-corrected chi connectivity index (χ3v) is 4.57. The van der Waals surface area contributed by atoms with Crippen LogP contribution in [0.25, 0.3) is 0 Å². The van der Waals surface area contributed by atoms with Crippen LogP contribution in [0.15, 0.2) is 11.0 Å². The van der Waals surface area contributed by atoms with Gasteiger partial charge in [-0.2, -0.15) is 0 Å². The second kappa shape index (κ2) is 5.83. The molecule has 1 unspecified atom stereocenters. The topological polar surface area (TPSA) is 84.9 Å². The maximum atomic E-state index is 12.3. The molecule has 7 nitrogen and oxygen atoms in total. The molecule has 2 aliphatic rings. The summed E-state index contributed by atoms with van der Waals surface area (Å²) in [5.41, 5.74) is 0.110. The Morgan fingerprint density at radius 2 is 2.00 bits per heavy atom. The number of alkyl carbamates (subject to hydrolysis) is 1. The minimum Gasteiger partial charge on any atom is -0.467 e. The van der Waals surface area contributed by atoms with E-state index in [1.165, 1.54) is 23.8 Å². The van der Waals surface area contributed by atoms with Gasteiger partial charge in [-0.15, -0.1) is 11.8 Å². The van der Waals surface area contributed by atoms with Crippen molar-refractivity contribution in [1.29, 1.82) is 0 Å². The fourth-order valence-electron chi connectivity index (χ4n) is 2.34. The van der Waals surface area contributed by atoms with Crippen LogP contribution in [-0.2, 0) is 19.1 Å². The van der Waals surface area contributed by atoms with Gasteiger partial charge in [0.2, 0.25) is 5.91 Å². The van der Waals surface area contributed by atoms with Crippen LogP contribution in [0.2, 0.25) is 0 Å². The van der Waals surface area contributed by atoms with Crippen molar-refractivity contribution in [2.24, 2.45) is 0 Å². The van der Waals surface area contributed by atoms with E-state index in [0.717, 1.165) is 5.57 Å². The SMILES string of the molecule is COC(=O)C1C(C)=CS[C@H]2[C@H](NC(=O)OC(C)(C)C)C(=O)N12. The summed E-state index contributed by atoms with van der Waals surface area (Å²) in [6.07, 6.45) is -0.646. The third-order valence-electron chi connectivity index (χ3n) is 3.28. The molecule has 0 aromatic rings. The summed E-state index contributed by atoms with van der Waals surface area (Å²) in [7, 11) is 1.28. The summed E-state index contributed by atoms with van der Waals surface area (Å²) in [4.78, 5) is 37.4. The van der Waals surface area contributed by atoms with Crippen LogP contribution in [0.5, 0.6) is 0 Å². The van der Waals surface area contributed by atoms with Crippen molar-refractivity contribution >= 4 is 29.7 Å². The Bertz CT molecular complexity index is 540. The lowest BCUT2D eigenvalue weighted by Crippen LogP contribution is -2.73. The molecule has 8 heteroatoms. The quantitative estimate of drug-likeness (QED) is 0.606. The van der Waals surface area contributed by atoms with Crippen LogP contribution in [0.1, 0.15) is 27.7 Å². The molecule has 0 spiro atoms. The number of fused-ring (bicyclic) bond motifs is 1. The molecule has 0 bridgehead atoms. The van der Waals surface area contributed by atoms with E-state index in [2.05, 4.69) is 5.32 Å². The Labute approximate surface area is 133 Å². The van der Waals surface area contributed by atoms with Crippen LogP contribution in [0.3, 0.4) is 0 Å². The first-order valence-corrected chi connectivity index (χ1v) is 7.81. The maximum Gasteiger partial charge on any atom is 0.408 e. The summed E-state index contributed by atoms with van der Waals surface area (Å²) < 4.78 is 9.90. The fraction of sp³-hybridized carbons (Fsp3) is 0.643. The highest BCUT2D eigenvalue weighted by Crippen LogP contribution is 2.40. The highest BCUT2D eigenvalue weighted by molar-refractivity contribution is 8.02.